The molecule has 0 aromatic heterocycles. The fourth-order valence-electron chi connectivity index (χ4n) is 2.71. The van der Waals surface area contributed by atoms with Gasteiger partial charge in [-0.2, -0.15) is 0 Å². The Kier molecular flexibility index (Phi) is 3.75. The van der Waals surface area contributed by atoms with Gasteiger partial charge in [0.2, 0.25) is 0 Å². The summed E-state index contributed by atoms with van der Waals surface area (Å²) in [6.07, 6.45) is 0. The molecule has 0 amide bonds. The number of rotatable bonds is 2. The lowest BCUT2D eigenvalue weighted by Crippen LogP contribution is -2.43. The maximum atomic E-state index is 3.39. The molecule has 3 rings (SSSR count). The molecule has 0 radical (unpaired) electrons. The predicted octanol–water partition coefficient (Wildman–Crippen LogP) is 3.38. The van der Waals surface area contributed by atoms with Crippen LogP contribution in [0.25, 0.3) is 11.1 Å². The van der Waals surface area contributed by atoms with Gasteiger partial charge >= 0.3 is 0 Å². The van der Waals surface area contributed by atoms with Gasteiger partial charge in [-0.3, -0.25) is 0 Å². The fraction of sp³-hybridized carbons (Fsp3) is 0.333. The van der Waals surface area contributed by atoms with Crippen molar-refractivity contribution in [2.24, 2.45) is 0 Å². The largest absolute Gasteiger partial charge is 0.369 e. The van der Waals surface area contributed by atoms with Gasteiger partial charge in [0.05, 0.1) is 0 Å². The molecule has 2 nitrogen and oxygen atoms in total. The molecule has 1 saturated heterocycles. The second kappa shape index (κ2) is 5.68. The van der Waals surface area contributed by atoms with E-state index in [-0.39, 0.29) is 0 Å². The van der Waals surface area contributed by atoms with Gasteiger partial charge in [-0.05, 0) is 48.2 Å². The zero-order chi connectivity index (χ0) is 13.9. The molecule has 0 unspecified atom stereocenters. The molecule has 0 bridgehead atoms. The number of anilines is 1. The molecular formula is C18H22N2. The number of hydrogen-bond donors (Lipinski definition) is 1. The van der Waals surface area contributed by atoms with Crippen LogP contribution in [0.1, 0.15) is 11.1 Å². The Hall–Kier alpha value is -1.80. The van der Waals surface area contributed by atoms with E-state index in [0.29, 0.717) is 0 Å². The third kappa shape index (κ3) is 2.70. The molecule has 2 heteroatoms. The Bertz CT molecular complexity index is 581. The molecule has 0 atom stereocenters. The van der Waals surface area contributed by atoms with E-state index < -0.39 is 0 Å². The first kappa shape index (κ1) is 13.2. The van der Waals surface area contributed by atoms with Crippen LogP contribution in [0.2, 0.25) is 0 Å². The first-order valence-electron chi connectivity index (χ1n) is 7.37. The van der Waals surface area contributed by atoms with Gasteiger partial charge < -0.3 is 10.2 Å². The van der Waals surface area contributed by atoms with Crippen LogP contribution in [0.4, 0.5) is 5.69 Å². The fourth-order valence-corrected chi connectivity index (χ4v) is 2.71. The minimum Gasteiger partial charge on any atom is -0.369 e. The SMILES string of the molecule is Cc1ccc(-c2ccc(N3CCNCC3)cc2)cc1C. The molecule has 20 heavy (non-hydrogen) atoms. The van der Waals surface area contributed by atoms with Crippen LogP contribution in [0.5, 0.6) is 0 Å². The second-order valence-electron chi connectivity index (χ2n) is 5.58. The van der Waals surface area contributed by atoms with E-state index in [2.05, 4.69) is 66.5 Å². The summed E-state index contributed by atoms with van der Waals surface area (Å²) in [4.78, 5) is 2.45. The monoisotopic (exact) mass is 266 g/mol. The molecule has 0 aliphatic carbocycles. The Labute approximate surface area is 121 Å². The van der Waals surface area contributed by atoms with Crippen molar-refractivity contribution in [1.82, 2.24) is 5.32 Å². The molecule has 1 heterocycles. The maximum absolute atomic E-state index is 3.39. The van der Waals surface area contributed by atoms with Crippen molar-refractivity contribution < 1.29 is 0 Å². The lowest BCUT2D eigenvalue weighted by atomic mass is 10.0. The van der Waals surface area contributed by atoms with Gasteiger partial charge in [-0.25, -0.2) is 0 Å². The highest BCUT2D eigenvalue weighted by molar-refractivity contribution is 5.67. The Balaban J connectivity index is 1.83. The zero-order valence-corrected chi connectivity index (χ0v) is 12.3. The van der Waals surface area contributed by atoms with Crippen molar-refractivity contribution in [3.05, 3.63) is 53.6 Å². The third-order valence-corrected chi connectivity index (χ3v) is 4.19. The van der Waals surface area contributed by atoms with Crippen LogP contribution in [0, 0.1) is 13.8 Å². The summed E-state index contributed by atoms with van der Waals surface area (Å²) in [6.45, 7) is 8.70. The summed E-state index contributed by atoms with van der Waals surface area (Å²) < 4.78 is 0. The molecule has 1 aliphatic rings. The van der Waals surface area contributed by atoms with Crippen molar-refractivity contribution in [3.63, 3.8) is 0 Å². The van der Waals surface area contributed by atoms with Gasteiger partial charge in [0.15, 0.2) is 0 Å². The highest BCUT2D eigenvalue weighted by atomic mass is 15.2. The topological polar surface area (TPSA) is 15.3 Å². The number of nitrogens with one attached hydrogen (secondary N) is 1. The van der Waals surface area contributed by atoms with E-state index in [0.717, 1.165) is 26.2 Å². The lowest BCUT2D eigenvalue weighted by Gasteiger charge is -2.29. The minimum absolute atomic E-state index is 1.08. The van der Waals surface area contributed by atoms with Crippen LogP contribution < -0.4 is 10.2 Å². The lowest BCUT2D eigenvalue weighted by molar-refractivity contribution is 0.589. The summed E-state index contributed by atoms with van der Waals surface area (Å²) in [5.74, 6) is 0. The van der Waals surface area contributed by atoms with E-state index in [1.165, 1.54) is 27.9 Å². The normalized spacial score (nSPS) is 15.4. The molecule has 0 saturated carbocycles. The van der Waals surface area contributed by atoms with Gasteiger partial charge in [-0.15, -0.1) is 0 Å². The zero-order valence-electron chi connectivity index (χ0n) is 12.3. The highest BCUT2D eigenvalue weighted by Crippen LogP contribution is 2.25. The summed E-state index contributed by atoms with van der Waals surface area (Å²) >= 11 is 0. The summed E-state index contributed by atoms with van der Waals surface area (Å²) in [5, 5.41) is 3.39. The number of nitrogens with zero attached hydrogens (tertiary/aromatic N) is 1. The van der Waals surface area contributed by atoms with Crippen LogP contribution in [0.3, 0.4) is 0 Å². The molecule has 1 aliphatic heterocycles. The molecule has 2 aromatic carbocycles. The maximum Gasteiger partial charge on any atom is 0.0367 e. The molecule has 2 aromatic rings. The molecule has 1 fully saturated rings. The van der Waals surface area contributed by atoms with Gasteiger partial charge in [-0.1, -0.05) is 30.3 Å². The van der Waals surface area contributed by atoms with Crippen LogP contribution in [0.15, 0.2) is 42.5 Å². The van der Waals surface area contributed by atoms with Gasteiger partial charge in [0.1, 0.15) is 0 Å². The second-order valence-corrected chi connectivity index (χ2v) is 5.58. The average Bonchev–Trinajstić information content (AvgIpc) is 2.51. The number of aryl methyl sites for hydroxylation is 2. The first-order chi connectivity index (χ1) is 9.74. The van der Waals surface area contributed by atoms with E-state index >= 15 is 0 Å². The Morgan fingerprint density at radius 2 is 1.45 bits per heavy atom. The number of piperazine rings is 1. The smallest absolute Gasteiger partial charge is 0.0367 e. The van der Waals surface area contributed by atoms with E-state index in [4.69, 9.17) is 0 Å². The molecule has 0 spiro atoms. The van der Waals surface area contributed by atoms with E-state index in [1.807, 2.05) is 0 Å². The quantitative estimate of drug-likeness (QED) is 0.896. The average molecular weight is 266 g/mol. The van der Waals surface area contributed by atoms with E-state index in [1.54, 1.807) is 0 Å². The summed E-state index contributed by atoms with van der Waals surface area (Å²) in [6, 6.07) is 15.7. The van der Waals surface area contributed by atoms with E-state index in [9.17, 15) is 0 Å². The van der Waals surface area contributed by atoms with Crippen molar-refractivity contribution in [1.29, 1.82) is 0 Å². The molecule has 1 N–H and O–H groups in total. The van der Waals surface area contributed by atoms with Gasteiger partial charge in [0.25, 0.3) is 0 Å². The highest BCUT2D eigenvalue weighted by Gasteiger charge is 2.10. The summed E-state index contributed by atoms with van der Waals surface area (Å²) in [5.41, 5.74) is 6.64. The van der Waals surface area contributed by atoms with Crippen molar-refractivity contribution in [2.75, 3.05) is 31.1 Å². The van der Waals surface area contributed by atoms with Crippen LogP contribution in [-0.4, -0.2) is 26.2 Å². The molecule has 104 valence electrons. The Morgan fingerprint density at radius 1 is 0.800 bits per heavy atom. The van der Waals surface area contributed by atoms with Crippen LogP contribution >= 0.6 is 0 Å². The van der Waals surface area contributed by atoms with Gasteiger partial charge in [0, 0.05) is 31.9 Å². The third-order valence-electron chi connectivity index (χ3n) is 4.19. The Morgan fingerprint density at radius 3 is 2.10 bits per heavy atom. The van der Waals surface area contributed by atoms with Crippen molar-refractivity contribution >= 4 is 5.69 Å². The minimum atomic E-state index is 1.08. The number of benzene rings is 2. The first-order valence-corrected chi connectivity index (χ1v) is 7.37. The van der Waals surface area contributed by atoms with Crippen molar-refractivity contribution in [3.8, 4) is 11.1 Å². The van der Waals surface area contributed by atoms with Crippen LogP contribution in [-0.2, 0) is 0 Å². The molecular weight excluding hydrogens is 244 g/mol. The predicted molar refractivity (Wildman–Crippen MR) is 86.4 cm³/mol. The summed E-state index contributed by atoms with van der Waals surface area (Å²) in [7, 11) is 0. The number of hydrogen-bond acceptors (Lipinski definition) is 2. The standard InChI is InChI=1S/C18H22N2/c1-14-3-4-17(13-15(14)2)16-5-7-18(8-6-16)20-11-9-19-10-12-20/h3-8,13,19H,9-12H2,1-2H3. The van der Waals surface area contributed by atoms with Crippen molar-refractivity contribution in [2.45, 2.75) is 13.8 Å².